The Morgan fingerprint density at radius 3 is 2.45 bits per heavy atom. The molecule has 0 saturated carbocycles. The van der Waals surface area contributed by atoms with E-state index in [2.05, 4.69) is 17.4 Å². The minimum Gasteiger partial charge on any atom is -0.355 e. The minimum atomic E-state index is -2.82. The zero-order valence-corrected chi connectivity index (χ0v) is 14.6. The minimum absolute atomic E-state index is 0.0141. The highest BCUT2D eigenvalue weighted by molar-refractivity contribution is 7.99. The maximum Gasteiger partial charge on any atom is 0.233 e. The normalized spacial score (nSPS) is 18.7. The summed E-state index contributed by atoms with van der Waals surface area (Å²) in [6.45, 7) is 4.54. The molecule has 1 amide bonds. The van der Waals surface area contributed by atoms with Crippen molar-refractivity contribution in [1.82, 2.24) is 5.32 Å². The first-order valence-corrected chi connectivity index (χ1v) is 10.4. The van der Waals surface area contributed by atoms with Crippen LogP contribution in [0, 0.1) is 11.8 Å². The van der Waals surface area contributed by atoms with E-state index in [1.54, 1.807) is 11.8 Å². The summed E-state index contributed by atoms with van der Waals surface area (Å²) >= 11 is 1.64. The van der Waals surface area contributed by atoms with Gasteiger partial charge in [0.05, 0.1) is 16.8 Å². The molecule has 1 unspecified atom stereocenters. The summed E-state index contributed by atoms with van der Waals surface area (Å²) in [7, 11) is -2.82. The Morgan fingerprint density at radius 1 is 1.27 bits per heavy atom. The number of amides is 1. The van der Waals surface area contributed by atoms with Crippen LogP contribution in [0.25, 0.3) is 0 Å². The van der Waals surface area contributed by atoms with Gasteiger partial charge >= 0.3 is 0 Å². The molecule has 0 aromatic heterocycles. The van der Waals surface area contributed by atoms with Gasteiger partial charge in [-0.2, -0.15) is 0 Å². The van der Waals surface area contributed by atoms with Crippen molar-refractivity contribution in [3.05, 3.63) is 35.9 Å². The van der Waals surface area contributed by atoms with E-state index in [1.165, 1.54) is 5.56 Å². The number of hydrogen-bond acceptors (Lipinski definition) is 4. The highest BCUT2D eigenvalue weighted by atomic mass is 32.2. The van der Waals surface area contributed by atoms with Gasteiger partial charge in [-0.25, -0.2) is 8.42 Å². The molecule has 1 aliphatic heterocycles. The van der Waals surface area contributed by atoms with Gasteiger partial charge in [-0.1, -0.05) is 44.2 Å². The van der Waals surface area contributed by atoms with Crippen molar-refractivity contribution in [2.45, 2.75) is 24.9 Å². The Morgan fingerprint density at radius 2 is 1.91 bits per heavy atom. The summed E-state index contributed by atoms with van der Waals surface area (Å²) in [6.07, 6.45) is 0. The summed E-state index contributed by atoms with van der Waals surface area (Å²) in [5, 5.41) is 2.80. The fourth-order valence-electron chi connectivity index (χ4n) is 2.46. The molecule has 0 bridgehead atoms. The van der Waals surface area contributed by atoms with Gasteiger partial charge in [0.1, 0.15) is 0 Å². The number of hydrogen-bond donors (Lipinski definition) is 1. The third-order valence-corrected chi connectivity index (χ3v) is 7.26. The van der Waals surface area contributed by atoms with Gasteiger partial charge < -0.3 is 5.32 Å². The largest absolute Gasteiger partial charge is 0.355 e. The van der Waals surface area contributed by atoms with Crippen LogP contribution in [-0.4, -0.2) is 37.6 Å². The van der Waals surface area contributed by atoms with Gasteiger partial charge in [0.2, 0.25) is 5.91 Å². The number of rotatable bonds is 7. The maximum absolute atomic E-state index is 12.3. The number of carbonyl (C=O) groups excluding carboxylic acids is 1. The van der Waals surface area contributed by atoms with E-state index in [4.69, 9.17) is 0 Å². The molecule has 22 heavy (non-hydrogen) atoms. The summed E-state index contributed by atoms with van der Waals surface area (Å²) in [5.41, 5.74) is 1.20. The SMILES string of the molecule is CC(C)C(SCc1ccccc1)C(=O)NCC1CS(=O)(=O)C1. The number of nitrogens with one attached hydrogen (secondary N) is 1. The third kappa shape index (κ3) is 5.02. The van der Waals surface area contributed by atoms with Gasteiger partial charge in [-0.3, -0.25) is 4.79 Å². The molecule has 0 aliphatic carbocycles. The van der Waals surface area contributed by atoms with E-state index < -0.39 is 9.84 Å². The fraction of sp³-hybridized carbons (Fsp3) is 0.562. The molecule has 1 N–H and O–H groups in total. The lowest BCUT2D eigenvalue weighted by atomic mass is 10.1. The average Bonchev–Trinajstić information content (AvgIpc) is 2.43. The molecule has 1 saturated heterocycles. The van der Waals surface area contributed by atoms with Crippen molar-refractivity contribution < 1.29 is 13.2 Å². The molecular formula is C16H23NO3S2. The number of thioether (sulfide) groups is 1. The standard InChI is InChI=1S/C16H23NO3S2/c1-12(2)15(21-9-13-6-4-3-5-7-13)16(18)17-8-14-10-22(19,20)11-14/h3-7,12,14-15H,8-11H2,1-2H3,(H,17,18). The molecule has 0 spiro atoms. The zero-order valence-electron chi connectivity index (χ0n) is 13.0. The second-order valence-corrected chi connectivity index (χ2v) is 9.43. The second kappa shape index (κ2) is 7.51. The molecule has 1 heterocycles. The van der Waals surface area contributed by atoms with Crippen molar-refractivity contribution >= 4 is 27.5 Å². The molecule has 6 heteroatoms. The first-order valence-electron chi connectivity index (χ1n) is 7.51. The van der Waals surface area contributed by atoms with Crippen molar-refractivity contribution in [2.24, 2.45) is 11.8 Å². The molecule has 0 radical (unpaired) electrons. The number of benzene rings is 1. The van der Waals surface area contributed by atoms with E-state index in [-0.39, 0.29) is 34.5 Å². The molecule has 1 aromatic carbocycles. The Kier molecular flexibility index (Phi) is 5.92. The second-order valence-electron chi connectivity index (χ2n) is 6.15. The fourth-order valence-corrected chi connectivity index (χ4v) is 5.22. The Balaban J connectivity index is 1.81. The lowest BCUT2D eigenvalue weighted by molar-refractivity contribution is -0.121. The maximum atomic E-state index is 12.3. The predicted octanol–water partition coefficient (Wildman–Crippen LogP) is 2.11. The summed E-state index contributed by atoms with van der Waals surface area (Å²) in [5.74, 6) is 1.54. The Labute approximate surface area is 137 Å². The molecule has 1 aliphatic rings. The van der Waals surface area contributed by atoms with Gasteiger partial charge in [-0.05, 0) is 11.5 Å². The van der Waals surface area contributed by atoms with Crippen LogP contribution in [0.15, 0.2) is 30.3 Å². The van der Waals surface area contributed by atoms with E-state index in [1.807, 2.05) is 32.0 Å². The van der Waals surface area contributed by atoms with Crippen molar-refractivity contribution in [1.29, 1.82) is 0 Å². The Bertz CT molecular complexity index is 587. The van der Waals surface area contributed by atoms with Crippen LogP contribution in [0.2, 0.25) is 0 Å². The quantitative estimate of drug-likeness (QED) is 0.825. The monoisotopic (exact) mass is 341 g/mol. The lowest BCUT2D eigenvalue weighted by Gasteiger charge is -2.27. The molecule has 4 nitrogen and oxygen atoms in total. The zero-order chi connectivity index (χ0) is 16.2. The molecule has 2 rings (SSSR count). The number of sulfone groups is 1. The first-order chi connectivity index (χ1) is 10.4. The van der Waals surface area contributed by atoms with Crippen LogP contribution >= 0.6 is 11.8 Å². The molecular weight excluding hydrogens is 318 g/mol. The highest BCUT2D eigenvalue weighted by Gasteiger charge is 2.34. The van der Waals surface area contributed by atoms with E-state index >= 15 is 0 Å². The smallest absolute Gasteiger partial charge is 0.233 e. The molecule has 1 atom stereocenters. The first kappa shape index (κ1) is 17.3. The van der Waals surface area contributed by atoms with Crippen molar-refractivity contribution in [3.63, 3.8) is 0 Å². The number of carbonyl (C=O) groups is 1. The average molecular weight is 341 g/mol. The molecule has 1 fully saturated rings. The summed E-state index contributed by atoms with van der Waals surface area (Å²) < 4.78 is 22.3. The third-order valence-electron chi connectivity index (χ3n) is 3.68. The van der Waals surface area contributed by atoms with Gasteiger partial charge in [0.15, 0.2) is 9.84 Å². The van der Waals surface area contributed by atoms with Crippen LogP contribution in [0.4, 0.5) is 0 Å². The van der Waals surface area contributed by atoms with Crippen LogP contribution < -0.4 is 5.32 Å². The predicted molar refractivity (Wildman–Crippen MR) is 91.5 cm³/mol. The highest BCUT2D eigenvalue weighted by Crippen LogP contribution is 2.24. The molecule has 122 valence electrons. The van der Waals surface area contributed by atoms with Crippen molar-refractivity contribution in [2.75, 3.05) is 18.1 Å². The van der Waals surface area contributed by atoms with Gasteiger partial charge in [0, 0.05) is 18.2 Å². The van der Waals surface area contributed by atoms with E-state index in [0.29, 0.717) is 6.54 Å². The molecule has 1 aromatic rings. The van der Waals surface area contributed by atoms with Crippen LogP contribution in [-0.2, 0) is 20.4 Å². The van der Waals surface area contributed by atoms with E-state index in [0.717, 1.165) is 5.75 Å². The van der Waals surface area contributed by atoms with Crippen molar-refractivity contribution in [3.8, 4) is 0 Å². The van der Waals surface area contributed by atoms with Crippen LogP contribution in [0.5, 0.6) is 0 Å². The summed E-state index contributed by atoms with van der Waals surface area (Å²) in [4.78, 5) is 12.3. The lowest BCUT2D eigenvalue weighted by Crippen LogP contribution is -2.46. The van der Waals surface area contributed by atoms with Gasteiger partial charge in [-0.15, -0.1) is 11.8 Å². The van der Waals surface area contributed by atoms with Gasteiger partial charge in [0.25, 0.3) is 0 Å². The summed E-state index contributed by atoms with van der Waals surface area (Å²) in [6, 6.07) is 10.1. The van der Waals surface area contributed by atoms with E-state index in [9.17, 15) is 13.2 Å². The topological polar surface area (TPSA) is 63.2 Å². The van der Waals surface area contributed by atoms with Crippen LogP contribution in [0.1, 0.15) is 19.4 Å². The Hall–Kier alpha value is -1.01. The van der Waals surface area contributed by atoms with Crippen LogP contribution in [0.3, 0.4) is 0 Å².